The Morgan fingerprint density at radius 1 is 1.55 bits per heavy atom. The van der Waals surface area contributed by atoms with Crippen molar-refractivity contribution in [2.75, 3.05) is 25.5 Å². The maximum Gasteiger partial charge on any atom is 0.231 e. The van der Waals surface area contributed by atoms with Crippen LogP contribution in [0.2, 0.25) is 0 Å². The van der Waals surface area contributed by atoms with Crippen LogP contribution in [0.5, 0.6) is 5.75 Å². The van der Waals surface area contributed by atoms with Crippen molar-refractivity contribution >= 4 is 11.6 Å². The molecule has 0 radical (unpaired) electrons. The molecule has 2 N–H and O–H groups in total. The standard InChI is InChI=1S/C15H19N3O2/c1-15(6-3-7-17-10-15)14(19)18-12-5-4-11(9-16)8-13(12)20-2/h4-5,8,17H,3,6-7,10H2,1-2H3,(H,18,19). The number of amides is 1. The zero-order valence-electron chi connectivity index (χ0n) is 11.8. The minimum absolute atomic E-state index is 0.0206. The van der Waals surface area contributed by atoms with Crippen LogP contribution in [-0.4, -0.2) is 26.1 Å². The second-order valence-electron chi connectivity index (χ2n) is 5.32. The van der Waals surface area contributed by atoms with Crippen LogP contribution in [0.1, 0.15) is 25.3 Å². The molecule has 5 heteroatoms. The molecule has 0 bridgehead atoms. The second-order valence-corrected chi connectivity index (χ2v) is 5.32. The first-order valence-corrected chi connectivity index (χ1v) is 6.69. The van der Waals surface area contributed by atoms with Gasteiger partial charge in [0.1, 0.15) is 5.75 Å². The molecule has 106 valence electrons. The molecule has 1 aliphatic rings. The van der Waals surface area contributed by atoms with Crippen LogP contribution in [0.3, 0.4) is 0 Å². The Labute approximate surface area is 118 Å². The first-order valence-electron chi connectivity index (χ1n) is 6.69. The third-order valence-electron chi connectivity index (χ3n) is 3.72. The molecule has 1 amide bonds. The van der Waals surface area contributed by atoms with Crippen LogP contribution in [0.25, 0.3) is 0 Å². The van der Waals surface area contributed by atoms with Crippen molar-refractivity contribution in [1.29, 1.82) is 5.26 Å². The molecule has 1 saturated heterocycles. The SMILES string of the molecule is COc1cc(C#N)ccc1NC(=O)C1(C)CCCNC1. The highest BCUT2D eigenvalue weighted by molar-refractivity contribution is 5.96. The van der Waals surface area contributed by atoms with Gasteiger partial charge in [-0.2, -0.15) is 5.26 Å². The fraction of sp³-hybridized carbons (Fsp3) is 0.467. The van der Waals surface area contributed by atoms with Gasteiger partial charge in [0.15, 0.2) is 0 Å². The molecule has 20 heavy (non-hydrogen) atoms. The van der Waals surface area contributed by atoms with Crippen molar-refractivity contribution in [2.45, 2.75) is 19.8 Å². The maximum absolute atomic E-state index is 12.4. The van der Waals surface area contributed by atoms with Crippen LogP contribution < -0.4 is 15.4 Å². The van der Waals surface area contributed by atoms with Gasteiger partial charge in [-0.15, -0.1) is 0 Å². The zero-order chi connectivity index (χ0) is 14.6. The number of carbonyl (C=O) groups excluding carboxylic acids is 1. The Bertz CT molecular complexity index is 543. The molecule has 1 unspecified atom stereocenters. The minimum atomic E-state index is -0.406. The highest BCUT2D eigenvalue weighted by Crippen LogP contribution is 2.30. The number of hydrogen-bond acceptors (Lipinski definition) is 4. The fourth-order valence-electron chi connectivity index (χ4n) is 2.39. The number of nitriles is 1. The molecule has 1 heterocycles. The number of nitrogens with one attached hydrogen (secondary N) is 2. The highest BCUT2D eigenvalue weighted by atomic mass is 16.5. The van der Waals surface area contributed by atoms with Gasteiger partial charge in [-0.05, 0) is 38.4 Å². The fourth-order valence-corrected chi connectivity index (χ4v) is 2.39. The van der Waals surface area contributed by atoms with Crippen molar-refractivity contribution in [1.82, 2.24) is 5.32 Å². The summed E-state index contributed by atoms with van der Waals surface area (Å²) in [6.45, 7) is 3.60. The summed E-state index contributed by atoms with van der Waals surface area (Å²) >= 11 is 0. The van der Waals surface area contributed by atoms with Crippen LogP contribution in [0, 0.1) is 16.7 Å². The number of methoxy groups -OCH3 is 1. The normalized spacial score (nSPS) is 21.9. The van der Waals surface area contributed by atoms with Gasteiger partial charge in [-0.1, -0.05) is 0 Å². The summed E-state index contributed by atoms with van der Waals surface area (Å²) in [5.41, 5.74) is 0.700. The molecule has 1 aromatic rings. The van der Waals surface area contributed by atoms with Gasteiger partial charge in [0.25, 0.3) is 0 Å². The van der Waals surface area contributed by atoms with Crippen LogP contribution in [0.4, 0.5) is 5.69 Å². The van der Waals surface area contributed by atoms with E-state index in [4.69, 9.17) is 10.00 Å². The first kappa shape index (κ1) is 14.4. The summed E-state index contributed by atoms with van der Waals surface area (Å²) in [4.78, 5) is 12.4. The molecule has 1 fully saturated rings. The van der Waals surface area contributed by atoms with Crippen LogP contribution in [0.15, 0.2) is 18.2 Å². The average Bonchev–Trinajstić information content (AvgIpc) is 2.48. The molecule has 0 aromatic heterocycles. The number of rotatable bonds is 3. The number of hydrogen-bond donors (Lipinski definition) is 2. The molecule has 0 saturated carbocycles. The molecule has 0 spiro atoms. The summed E-state index contributed by atoms with van der Waals surface area (Å²) < 4.78 is 5.23. The Kier molecular flexibility index (Phi) is 4.26. The number of piperidine rings is 1. The Hall–Kier alpha value is -2.06. The third-order valence-corrected chi connectivity index (χ3v) is 3.72. The molecular formula is C15H19N3O2. The lowest BCUT2D eigenvalue weighted by Gasteiger charge is -2.32. The summed E-state index contributed by atoms with van der Waals surface area (Å²) in [5.74, 6) is 0.484. The van der Waals surface area contributed by atoms with E-state index in [0.717, 1.165) is 19.4 Å². The van der Waals surface area contributed by atoms with Gasteiger partial charge in [0.2, 0.25) is 5.91 Å². The van der Waals surface area contributed by atoms with Crippen molar-refractivity contribution in [3.63, 3.8) is 0 Å². The molecule has 1 aromatic carbocycles. The van der Waals surface area contributed by atoms with E-state index < -0.39 is 5.41 Å². The lowest BCUT2D eigenvalue weighted by Crippen LogP contribution is -2.46. The van der Waals surface area contributed by atoms with E-state index in [-0.39, 0.29) is 5.91 Å². The van der Waals surface area contributed by atoms with E-state index in [1.807, 2.05) is 6.92 Å². The number of benzene rings is 1. The molecular weight excluding hydrogens is 254 g/mol. The van der Waals surface area contributed by atoms with E-state index in [1.54, 1.807) is 18.2 Å². The summed E-state index contributed by atoms with van der Waals surface area (Å²) in [6.07, 6.45) is 1.86. The van der Waals surface area contributed by atoms with Gasteiger partial charge in [-0.25, -0.2) is 0 Å². The van der Waals surface area contributed by atoms with Gasteiger partial charge in [0.05, 0.1) is 29.8 Å². The van der Waals surface area contributed by atoms with Crippen LogP contribution in [-0.2, 0) is 4.79 Å². The van der Waals surface area contributed by atoms with Crippen molar-refractivity contribution in [3.05, 3.63) is 23.8 Å². The van der Waals surface area contributed by atoms with E-state index in [0.29, 0.717) is 23.5 Å². The Morgan fingerprint density at radius 2 is 2.35 bits per heavy atom. The molecule has 5 nitrogen and oxygen atoms in total. The maximum atomic E-state index is 12.4. The Morgan fingerprint density at radius 3 is 2.95 bits per heavy atom. The second kappa shape index (κ2) is 5.93. The van der Waals surface area contributed by atoms with E-state index >= 15 is 0 Å². The molecule has 0 aliphatic carbocycles. The summed E-state index contributed by atoms with van der Waals surface area (Å²) in [5, 5.41) is 15.0. The van der Waals surface area contributed by atoms with Crippen molar-refractivity contribution in [2.24, 2.45) is 5.41 Å². The predicted molar refractivity (Wildman–Crippen MR) is 76.5 cm³/mol. The number of anilines is 1. The average molecular weight is 273 g/mol. The van der Waals surface area contributed by atoms with Crippen molar-refractivity contribution in [3.8, 4) is 11.8 Å². The third kappa shape index (κ3) is 2.91. The quantitative estimate of drug-likeness (QED) is 0.882. The molecule has 1 atom stereocenters. The van der Waals surface area contributed by atoms with Gasteiger partial charge >= 0.3 is 0 Å². The van der Waals surface area contributed by atoms with Gasteiger partial charge < -0.3 is 15.4 Å². The lowest BCUT2D eigenvalue weighted by molar-refractivity contribution is -0.125. The van der Waals surface area contributed by atoms with Crippen LogP contribution >= 0.6 is 0 Å². The lowest BCUT2D eigenvalue weighted by atomic mass is 9.82. The highest BCUT2D eigenvalue weighted by Gasteiger charge is 2.34. The minimum Gasteiger partial charge on any atom is -0.495 e. The Balaban J connectivity index is 2.17. The van der Waals surface area contributed by atoms with E-state index in [1.165, 1.54) is 7.11 Å². The smallest absolute Gasteiger partial charge is 0.231 e. The van der Waals surface area contributed by atoms with Gasteiger partial charge in [0, 0.05) is 12.6 Å². The summed E-state index contributed by atoms with van der Waals surface area (Å²) in [6, 6.07) is 7.04. The number of ether oxygens (including phenoxy) is 1. The molecule has 1 aliphatic heterocycles. The monoisotopic (exact) mass is 273 g/mol. The topological polar surface area (TPSA) is 74.1 Å². The molecule has 2 rings (SSSR count). The van der Waals surface area contributed by atoms with Crippen molar-refractivity contribution < 1.29 is 9.53 Å². The van der Waals surface area contributed by atoms with Gasteiger partial charge in [-0.3, -0.25) is 4.79 Å². The zero-order valence-corrected chi connectivity index (χ0v) is 11.8. The van der Waals surface area contributed by atoms with E-state index in [9.17, 15) is 4.79 Å². The number of nitrogens with zero attached hydrogens (tertiary/aromatic N) is 1. The largest absolute Gasteiger partial charge is 0.495 e. The number of carbonyl (C=O) groups is 1. The first-order chi connectivity index (χ1) is 9.59. The van der Waals surface area contributed by atoms with E-state index in [2.05, 4.69) is 16.7 Å². The summed E-state index contributed by atoms with van der Waals surface area (Å²) in [7, 11) is 1.52. The predicted octanol–water partition coefficient (Wildman–Crippen LogP) is 1.90.